The second kappa shape index (κ2) is 8.15. The minimum atomic E-state index is -0.747. The number of ether oxygens (including phenoxy) is 1. The molecule has 5 heteroatoms. The molecule has 2 aromatic rings. The van der Waals surface area contributed by atoms with Gasteiger partial charge in [0, 0.05) is 12.1 Å². The van der Waals surface area contributed by atoms with Crippen LogP contribution >= 0.6 is 0 Å². The van der Waals surface area contributed by atoms with Crippen molar-refractivity contribution in [1.82, 2.24) is 5.32 Å². The van der Waals surface area contributed by atoms with E-state index in [0.717, 1.165) is 16.7 Å². The van der Waals surface area contributed by atoms with E-state index in [-0.39, 0.29) is 0 Å². The highest BCUT2D eigenvalue weighted by Crippen LogP contribution is 2.13. The number of anilines is 1. The number of amides is 2. The lowest BCUT2D eigenvalue weighted by molar-refractivity contribution is -0.142. The van der Waals surface area contributed by atoms with E-state index in [0.29, 0.717) is 12.1 Å². The normalized spacial score (nSPS) is 11.5. The van der Waals surface area contributed by atoms with Crippen molar-refractivity contribution in [3.05, 3.63) is 65.2 Å². The highest BCUT2D eigenvalue weighted by molar-refractivity contribution is 5.92. The monoisotopic (exact) mass is 326 g/mol. The van der Waals surface area contributed by atoms with Gasteiger partial charge in [0.05, 0.1) is 7.11 Å². The van der Waals surface area contributed by atoms with E-state index in [1.165, 1.54) is 7.11 Å². The van der Waals surface area contributed by atoms with Gasteiger partial charge in [-0.25, -0.2) is 9.59 Å². The molecule has 2 aromatic carbocycles. The summed E-state index contributed by atoms with van der Waals surface area (Å²) in [7, 11) is 1.31. The molecule has 0 saturated carbocycles. The summed E-state index contributed by atoms with van der Waals surface area (Å²) in [4.78, 5) is 24.2. The number of methoxy groups -OCH3 is 1. The summed E-state index contributed by atoms with van der Waals surface area (Å²) in [6.45, 7) is 3.92. The van der Waals surface area contributed by atoms with E-state index in [2.05, 4.69) is 10.6 Å². The van der Waals surface area contributed by atoms with Crippen LogP contribution in [0, 0.1) is 13.8 Å². The van der Waals surface area contributed by atoms with Crippen LogP contribution in [0.25, 0.3) is 0 Å². The standard InChI is InChI=1S/C19H22N2O3/c1-13-9-14(2)11-16(10-13)20-19(23)21-17(18(22)24-3)12-15-7-5-4-6-8-15/h4-11,17H,12H2,1-3H3,(H2,20,21,23)/t17-/m0/s1. The van der Waals surface area contributed by atoms with Gasteiger partial charge in [-0.15, -0.1) is 0 Å². The van der Waals surface area contributed by atoms with Gasteiger partial charge in [-0.2, -0.15) is 0 Å². The Bertz CT molecular complexity index is 694. The first-order valence-corrected chi connectivity index (χ1v) is 7.75. The molecule has 1 atom stereocenters. The lowest BCUT2D eigenvalue weighted by Crippen LogP contribution is -2.45. The summed E-state index contributed by atoms with van der Waals surface area (Å²) in [5, 5.41) is 5.44. The fourth-order valence-electron chi connectivity index (χ4n) is 2.56. The van der Waals surface area contributed by atoms with Gasteiger partial charge in [0.15, 0.2) is 0 Å². The smallest absolute Gasteiger partial charge is 0.328 e. The first-order valence-electron chi connectivity index (χ1n) is 7.75. The molecule has 0 saturated heterocycles. The molecule has 0 aliphatic heterocycles. The SMILES string of the molecule is COC(=O)[C@H](Cc1ccccc1)NC(=O)Nc1cc(C)cc(C)c1. The quantitative estimate of drug-likeness (QED) is 0.829. The minimum Gasteiger partial charge on any atom is -0.467 e. The maximum absolute atomic E-state index is 12.2. The molecular weight excluding hydrogens is 304 g/mol. The van der Waals surface area contributed by atoms with E-state index in [9.17, 15) is 9.59 Å². The third-order valence-corrected chi connectivity index (χ3v) is 3.55. The van der Waals surface area contributed by atoms with Gasteiger partial charge in [0.25, 0.3) is 0 Å². The van der Waals surface area contributed by atoms with E-state index in [1.54, 1.807) is 0 Å². The van der Waals surface area contributed by atoms with E-state index in [1.807, 2.05) is 62.4 Å². The van der Waals surface area contributed by atoms with Gasteiger partial charge in [-0.1, -0.05) is 36.4 Å². The molecule has 0 heterocycles. The van der Waals surface area contributed by atoms with E-state index < -0.39 is 18.0 Å². The van der Waals surface area contributed by atoms with Crippen LogP contribution in [-0.2, 0) is 16.0 Å². The van der Waals surface area contributed by atoms with Gasteiger partial charge in [0.1, 0.15) is 6.04 Å². The molecular formula is C19H22N2O3. The molecule has 24 heavy (non-hydrogen) atoms. The molecule has 0 aliphatic rings. The summed E-state index contributed by atoms with van der Waals surface area (Å²) < 4.78 is 4.79. The van der Waals surface area contributed by atoms with Crippen molar-refractivity contribution in [1.29, 1.82) is 0 Å². The molecule has 5 nitrogen and oxygen atoms in total. The summed E-state index contributed by atoms with van der Waals surface area (Å²) >= 11 is 0. The Kier molecular flexibility index (Phi) is 5.95. The average molecular weight is 326 g/mol. The van der Waals surface area contributed by atoms with Crippen LogP contribution in [0.4, 0.5) is 10.5 Å². The third-order valence-electron chi connectivity index (χ3n) is 3.55. The summed E-state index contributed by atoms with van der Waals surface area (Å²) in [6, 6.07) is 14.1. The molecule has 126 valence electrons. The number of benzene rings is 2. The number of rotatable bonds is 5. The summed E-state index contributed by atoms with van der Waals surface area (Å²) in [6.07, 6.45) is 0.369. The van der Waals surface area contributed by atoms with Crippen molar-refractivity contribution < 1.29 is 14.3 Å². The third kappa shape index (κ3) is 5.12. The second-order valence-electron chi connectivity index (χ2n) is 5.74. The van der Waals surface area contributed by atoms with Crippen molar-refractivity contribution in [3.8, 4) is 0 Å². The van der Waals surface area contributed by atoms with Crippen LogP contribution in [0.1, 0.15) is 16.7 Å². The number of nitrogens with one attached hydrogen (secondary N) is 2. The van der Waals surface area contributed by atoms with Gasteiger partial charge in [-0.05, 0) is 42.7 Å². The molecule has 2 amide bonds. The number of aryl methyl sites for hydroxylation is 2. The first kappa shape index (κ1) is 17.5. The van der Waals surface area contributed by atoms with Gasteiger partial charge < -0.3 is 15.4 Å². The molecule has 2 rings (SSSR count). The molecule has 2 N–H and O–H groups in total. The predicted molar refractivity (Wildman–Crippen MR) is 94.0 cm³/mol. The van der Waals surface area contributed by atoms with Crippen molar-refractivity contribution in [2.75, 3.05) is 12.4 Å². The highest BCUT2D eigenvalue weighted by atomic mass is 16.5. The number of urea groups is 1. The summed E-state index contributed by atoms with van der Waals surface area (Å²) in [5.41, 5.74) is 3.74. The van der Waals surface area contributed by atoms with Crippen LogP contribution < -0.4 is 10.6 Å². The largest absolute Gasteiger partial charge is 0.467 e. The molecule has 0 unspecified atom stereocenters. The molecule has 0 spiro atoms. The van der Waals surface area contributed by atoms with E-state index in [4.69, 9.17) is 4.74 Å². The number of carbonyl (C=O) groups is 2. The van der Waals surface area contributed by atoms with Crippen LogP contribution in [0.3, 0.4) is 0 Å². The number of esters is 1. The summed E-state index contributed by atoms with van der Waals surface area (Å²) in [5.74, 6) is -0.477. The lowest BCUT2D eigenvalue weighted by Gasteiger charge is -2.17. The van der Waals surface area contributed by atoms with Crippen molar-refractivity contribution in [2.24, 2.45) is 0 Å². The van der Waals surface area contributed by atoms with Crippen molar-refractivity contribution in [2.45, 2.75) is 26.3 Å². The molecule has 0 aliphatic carbocycles. The second-order valence-corrected chi connectivity index (χ2v) is 5.74. The lowest BCUT2D eigenvalue weighted by atomic mass is 10.1. The Morgan fingerprint density at radius 3 is 2.25 bits per heavy atom. The Morgan fingerprint density at radius 2 is 1.67 bits per heavy atom. The van der Waals surface area contributed by atoms with Crippen LogP contribution in [0.5, 0.6) is 0 Å². The van der Waals surface area contributed by atoms with E-state index >= 15 is 0 Å². The predicted octanol–water partition coefficient (Wildman–Crippen LogP) is 3.21. The highest BCUT2D eigenvalue weighted by Gasteiger charge is 2.22. The molecule has 0 radical (unpaired) electrons. The van der Waals surface area contributed by atoms with Gasteiger partial charge in [0.2, 0.25) is 0 Å². The maximum atomic E-state index is 12.2. The van der Waals surface area contributed by atoms with Crippen molar-refractivity contribution in [3.63, 3.8) is 0 Å². The zero-order valence-corrected chi connectivity index (χ0v) is 14.1. The minimum absolute atomic E-state index is 0.369. The van der Waals surface area contributed by atoms with Crippen LogP contribution in [0.15, 0.2) is 48.5 Å². The zero-order chi connectivity index (χ0) is 17.5. The topological polar surface area (TPSA) is 67.4 Å². The van der Waals surface area contributed by atoms with Crippen LogP contribution in [0.2, 0.25) is 0 Å². The Morgan fingerprint density at radius 1 is 1.04 bits per heavy atom. The fourth-order valence-corrected chi connectivity index (χ4v) is 2.56. The fraction of sp³-hybridized carbons (Fsp3) is 0.263. The molecule has 0 aromatic heterocycles. The van der Waals surface area contributed by atoms with Gasteiger partial charge >= 0.3 is 12.0 Å². The average Bonchev–Trinajstić information content (AvgIpc) is 2.53. The Hall–Kier alpha value is -2.82. The number of carbonyl (C=O) groups excluding carboxylic acids is 2. The first-order chi connectivity index (χ1) is 11.5. The zero-order valence-electron chi connectivity index (χ0n) is 14.1. The molecule has 0 bridgehead atoms. The van der Waals surface area contributed by atoms with Gasteiger partial charge in [-0.3, -0.25) is 0 Å². The Balaban J connectivity index is 2.05. The maximum Gasteiger partial charge on any atom is 0.328 e. The number of hydrogen-bond donors (Lipinski definition) is 2. The Labute approximate surface area is 142 Å². The van der Waals surface area contributed by atoms with Crippen LogP contribution in [-0.4, -0.2) is 25.2 Å². The van der Waals surface area contributed by atoms with Crippen molar-refractivity contribution >= 4 is 17.7 Å². The number of hydrogen-bond acceptors (Lipinski definition) is 3. The molecule has 0 fully saturated rings.